The highest BCUT2D eigenvalue weighted by Crippen LogP contribution is 2.50. The molecule has 1 nitrogen and oxygen atoms in total. The zero-order valence-electron chi connectivity index (χ0n) is 13.4. The predicted octanol–water partition coefficient (Wildman–Crippen LogP) is 5.69. The van der Waals surface area contributed by atoms with Crippen molar-refractivity contribution in [1.82, 2.24) is 5.32 Å². The summed E-state index contributed by atoms with van der Waals surface area (Å²) in [5.74, 6) is 0. The molecule has 0 spiro atoms. The topological polar surface area (TPSA) is 12.0 Å². The van der Waals surface area contributed by atoms with E-state index in [1.807, 2.05) is 0 Å². The minimum absolute atomic E-state index is 0.459. The van der Waals surface area contributed by atoms with E-state index in [0.29, 0.717) is 11.5 Å². The highest BCUT2D eigenvalue weighted by molar-refractivity contribution is 9.10. The van der Waals surface area contributed by atoms with E-state index in [4.69, 9.17) is 0 Å². The monoisotopic (exact) mass is 337 g/mol. The zero-order chi connectivity index (χ0) is 14.8. The van der Waals surface area contributed by atoms with Crippen molar-refractivity contribution in [1.29, 1.82) is 0 Å². The molecular formula is C18H28BrN. The molecule has 1 aliphatic rings. The Morgan fingerprint density at radius 3 is 2.35 bits per heavy atom. The summed E-state index contributed by atoms with van der Waals surface area (Å²) in [6.07, 6.45) is 6.80. The lowest BCUT2D eigenvalue weighted by molar-refractivity contribution is 0.188. The fourth-order valence-corrected chi connectivity index (χ4v) is 4.36. The summed E-state index contributed by atoms with van der Waals surface area (Å²) in [6, 6.07) is 5.18. The molecule has 112 valence electrons. The fourth-order valence-electron chi connectivity index (χ4n) is 3.90. The zero-order valence-corrected chi connectivity index (χ0v) is 14.9. The third-order valence-corrected chi connectivity index (χ3v) is 6.04. The van der Waals surface area contributed by atoms with Crippen molar-refractivity contribution in [2.75, 3.05) is 6.54 Å². The number of hydrogen-bond acceptors (Lipinski definition) is 1. The van der Waals surface area contributed by atoms with E-state index >= 15 is 0 Å². The lowest BCUT2D eigenvalue weighted by Crippen LogP contribution is -2.36. The minimum Gasteiger partial charge on any atom is -0.310 e. The molecule has 0 saturated heterocycles. The number of aryl methyl sites for hydroxylation is 2. The Morgan fingerprint density at radius 2 is 1.80 bits per heavy atom. The Kier molecular flexibility index (Phi) is 5.30. The lowest BCUT2D eigenvalue weighted by Gasteiger charge is -2.39. The van der Waals surface area contributed by atoms with Crippen molar-refractivity contribution in [3.63, 3.8) is 0 Å². The molecule has 20 heavy (non-hydrogen) atoms. The van der Waals surface area contributed by atoms with Gasteiger partial charge in [-0.05, 0) is 67.8 Å². The van der Waals surface area contributed by atoms with Gasteiger partial charge in [0.05, 0.1) is 0 Å². The van der Waals surface area contributed by atoms with Crippen LogP contribution in [-0.4, -0.2) is 6.54 Å². The van der Waals surface area contributed by atoms with Gasteiger partial charge < -0.3 is 5.32 Å². The van der Waals surface area contributed by atoms with Gasteiger partial charge in [-0.1, -0.05) is 48.7 Å². The molecule has 1 aliphatic carbocycles. The Bertz CT molecular complexity index is 461. The quantitative estimate of drug-likeness (QED) is 0.727. The van der Waals surface area contributed by atoms with Crippen molar-refractivity contribution in [3.8, 4) is 0 Å². The van der Waals surface area contributed by atoms with E-state index in [0.717, 1.165) is 6.54 Å². The molecule has 0 amide bonds. The molecule has 2 heteroatoms. The number of benzene rings is 1. The number of rotatable bonds is 5. The maximum atomic E-state index is 3.80. The van der Waals surface area contributed by atoms with Crippen LogP contribution >= 0.6 is 15.9 Å². The van der Waals surface area contributed by atoms with E-state index in [2.05, 4.69) is 61.1 Å². The van der Waals surface area contributed by atoms with Crippen LogP contribution in [-0.2, 0) is 0 Å². The first-order chi connectivity index (χ1) is 9.54. The third kappa shape index (κ3) is 2.96. The van der Waals surface area contributed by atoms with Crippen LogP contribution in [0.4, 0.5) is 0 Å². The molecule has 0 aromatic heterocycles. The summed E-state index contributed by atoms with van der Waals surface area (Å²) in [7, 11) is 0. The predicted molar refractivity (Wildman–Crippen MR) is 91.2 cm³/mol. The Balaban J connectivity index is 2.45. The number of halogens is 1. The molecule has 1 N–H and O–H groups in total. The summed E-state index contributed by atoms with van der Waals surface area (Å²) in [4.78, 5) is 0. The smallest absolute Gasteiger partial charge is 0.0379 e. The lowest BCUT2D eigenvalue weighted by atomic mass is 9.72. The molecule has 1 atom stereocenters. The normalized spacial score (nSPS) is 19.2. The van der Waals surface area contributed by atoms with Crippen LogP contribution in [0.3, 0.4) is 0 Å². The van der Waals surface area contributed by atoms with Gasteiger partial charge in [-0.15, -0.1) is 0 Å². The van der Waals surface area contributed by atoms with Gasteiger partial charge in [0.2, 0.25) is 0 Å². The summed E-state index contributed by atoms with van der Waals surface area (Å²) in [5, 5.41) is 3.80. The second-order valence-corrected chi connectivity index (χ2v) is 7.23. The standard InChI is InChI=1S/C18H28BrN/c1-5-18(9-7-8-10-18)17(20-6-2)15-11-14(4)16(19)12-13(15)3/h11-12,17,20H,5-10H2,1-4H3. The summed E-state index contributed by atoms with van der Waals surface area (Å²) in [5.41, 5.74) is 4.73. The highest BCUT2D eigenvalue weighted by atomic mass is 79.9. The van der Waals surface area contributed by atoms with E-state index in [1.54, 1.807) is 0 Å². The molecular weight excluding hydrogens is 310 g/mol. The summed E-state index contributed by atoms with van der Waals surface area (Å²) in [6.45, 7) is 10.1. The van der Waals surface area contributed by atoms with Gasteiger partial charge in [0.25, 0.3) is 0 Å². The van der Waals surface area contributed by atoms with E-state index in [1.165, 1.54) is 53.3 Å². The fraction of sp³-hybridized carbons (Fsp3) is 0.667. The minimum atomic E-state index is 0.459. The van der Waals surface area contributed by atoms with Crippen molar-refractivity contribution in [2.45, 2.75) is 65.8 Å². The van der Waals surface area contributed by atoms with Crippen LogP contribution in [0.15, 0.2) is 16.6 Å². The molecule has 1 fully saturated rings. The van der Waals surface area contributed by atoms with E-state index < -0.39 is 0 Å². The van der Waals surface area contributed by atoms with Crippen LogP contribution < -0.4 is 5.32 Å². The summed E-state index contributed by atoms with van der Waals surface area (Å²) < 4.78 is 1.23. The van der Waals surface area contributed by atoms with Crippen LogP contribution in [0.1, 0.15) is 68.7 Å². The molecule has 1 aromatic carbocycles. The average molecular weight is 338 g/mol. The Hall–Kier alpha value is -0.340. The van der Waals surface area contributed by atoms with Crippen molar-refractivity contribution in [3.05, 3.63) is 33.3 Å². The third-order valence-electron chi connectivity index (χ3n) is 5.18. The van der Waals surface area contributed by atoms with Gasteiger partial charge in [0.1, 0.15) is 0 Å². The Morgan fingerprint density at radius 1 is 1.15 bits per heavy atom. The van der Waals surface area contributed by atoms with Gasteiger partial charge in [0, 0.05) is 10.5 Å². The average Bonchev–Trinajstić information content (AvgIpc) is 2.90. The van der Waals surface area contributed by atoms with E-state index in [-0.39, 0.29) is 0 Å². The largest absolute Gasteiger partial charge is 0.310 e. The molecule has 1 unspecified atom stereocenters. The molecule has 0 aliphatic heterocycles. The van der Waals surface area contributed by atoms with Gasteiger partial charge >= 0.3 is 0 Å². The second kappa shape index (κ2) is 6.62. The first kappa shape index (κ1) is 16.0. The second-order valence-electron chi connectivity index (χ2n) is 6.37. The number of hydrogen-bond donors (Lipinski definition) is 1. The van der Waals surface area contributed by atoms with Crippen LogP contribution in [0.25, 0.3) is 0 Å². The van der Waals surface area contributed by atoms with Crippen LogP contribution in [0.2, 0.25) is 0 Å². The maximum Gasteiger partial charge on any atom is 0.0379 e. The van der Waals surface area contributed by atoms with Gasteiger partial charge in [0.15, 0.2) is 0 Å². The van der Waals surface area contributed by atoms with Crippen LogP contribution in [0.5, 0.6) is 0 Å². The van der Waals surface area contributed by atoms with Crippen molar-refractivity contribution in [2.24, 2.45) is 5.41 Å². The first-order valence-electron chi connectivity index (χ1n) is 8.04. The van der Waals surface area contributed by atoms with E-state index in [9.17, 15) is 0 Å². The molecule has 0 heterocycles. The molecule has 1 aromatic rings. The molecule has 1 saturated carbocycles. The molecule has 0 bridgehead atoms. The summed E-state index contributed by atoms with van der Waals surface area (Å²) >= 11 is 3.66. The van der Waals surface area contributed by atoms with Crippen molar-refractivity contribution < 1.29 is 0 Å². The molecule has 0 radical (unpaired) electrons. The first-order valence-corrected chi connectivity index (χ1v) is 8.83. The van der Waals surface area contributed by atoms with Crippen LogP contribution in [0, 0.1) is 19.3 Å². The van der Waals surface area contributed by atoms with Gasteiger partial charge in [-0.2, -0.15) is 0 Å². The van der Waals surface area contributed by atoms with Crippen molar-refractivity contribution >= 4 is 15.9 Å². The Labute approximate surface area is 132 Å². The van der Waals surface area contributed by atoms with Gasteiger partial charge in [-0.25, -0.2) is 0 Å². The van der Waals surface area contributed by atoms with Gasteiger partial charge in [-0.3, -0.25) is 0 Å². The SMILES string of the molecule is CCNC(c1cc(C)c(Br)cc1C)C1(CC)CCCC1. The molecule has 2 rings (SSSR count). The maximum absolute atomic E-state index is 3.80. The highest BCUT2D eigenvalue weighted by Gasteiger charge is 2.40. The number of nitrogens with one attached hydrogen (secondary N) is 1.